The number of thiazole rings is 1. The molecular formula is C31H34N2O4S. The van der Waals surface area contributed by atoms with E-state index < -0.39 is 12.0 Å². The summed E-state index contributed by atoms with van der Waals surface area (Å²) in [6, 6.07) is 16.9. The third kappa shape index (κ3) is 6.40. The maximum atomic E-state index is 13.7. The number of unbranched alkanes of at least 4 members (excludes halogenated alkanes) is 2. The molecule has 198 valence electrons. The first-order valence-electron chi connectivity index (χ1n) is 13.1. The quantitative estimate of drug-likeness (QED) is 0.259. The van der Waals surface area contributed by atoms with Crippen LogP contribution in [-0.2, 0) is 9.53 Å². The second-order valence-corrected chi connectivity index (χ2v) is 10.5. The number of rotatable bonds is 10. The van der Waals surface area contributed by atoms with Crippen molar-refractivity contribution in [1.82, 2.24) is 4.57 Å². The Bertz CT molecular complexity index is 1500. The van der Waals surface area contributed by atoms with Crippen LogP contribution in [0.5, 0.6) is 5.75 Å². The van der Waals surface area contributed by atoms with Gasteiger partial charge in [0.15, 0.2) is 4.80 Å². The molecule has 0 radical (unpaired) electrons. The van der Waals surface area contributed by atoms with Crippen molar-refractivity contribution >= 4 is 29.5 Å². The zero-order valence-electron chi connectivity index (χ0n) is 22.3. The average Bonchev–Trinajstić information content (AvgIpc) is 3.21. The van der Waals surface area contributed by atoms with Crippen LogP contribution in [0.3, 0.4) is 0 Å². The van der Waals surface area contributed by atoms with E-state index in [0.717, 1.165) is 36.1 Å². The summed E-state index contributed by atoms with van der Waals surface area (Å²) >= 11 is 1.31. The number of allylic oxidation sites excluding steroid dienone is 2. The summed E-state index contributed by atoms with van der Waals surface area (Å²) in [5.74, 6) is 0.291. The molecule has 0 spiro atoms. The number of benzene rings is 2. The Morgan fingerprint density at radius 1 is 1.11 bits per heavy atom. The zero-order valence-corrected chi connectivity index (χ0v) is 23.2. The summed E-state index contributed by atoms with van der Waals surface area (Å²) < 4.78 is 13.6. The number of aromatic nitrogens is 1. The van der Waals surface area contributed by atoms with E-state index in [1.165, 1.54) is 11.3 Å². The molecule has 0 saturated heterocycles. The number of carbonyl (C=O) groups excluding carboxylic acids is 1. The summed E-state index contributed by atoms with van der Waals surface area (Å²) in [6.45, 7) is 8.22. The second-order valence-electron chi connectivity index (χ2n) is 9.45. The molecule has 0 aliphatic carbocycles. The molecule has 2 heterocycles. The Kier molecular flexibility index (Phi) is 9.13. The van der Waals surface area contributed by atoms with Gasteiger partial charge in [-0.3, -0.25) is 9.36 Å². The third-order valence-electron chi connectivity index (χ3n) is 6.13. The first-order valence-corrected chi connectivity index (χ1v) is 13.9. The van der Waals surface area contributed by atoms with Crippen LogP contribution >= 0.6 is 11.3 Å². The van der Waals surface area contributed by atoms with E-state index in [-0.39, 0.29) is 11.7 Å². The lowest BCUT2D eigenvalue weighted by Gasteiger charge is -2.25. The number of hydrogen-bond acceptors (Lipinski definition) is 6. The largest absolute Gasteiger partial charge is 0.494 e. The average molecular weight is 531 g/mol. The second kappa shape index (κ2) is 12.7. The van der Waals surface area contributed by atoms with Crippen LogP contribution in [0.1, 0.15) is 64.1 Å². The predicted octanol–water partition coefficient (Wildman–Crippen LogP) is 5.42. The lowest BCUT2D eigenvalue weighted by molar-refractivity contribution is -0.143. The highest BCUT2D eigenvalue weighted by molar-refractivity contribution is 7.07. The lowest BCUT2D eigenvalue weighted by atomic mass is 9.96. The summed E-state index contributed by atoms with van der Waals surface area (Å²) in [7, 11) is 0. The summed E-state index contributed by atoms with van der Waals surface area (Å²) in [4.78, 5) is 32.1. The fraction of sp³-hybridized carbons (Fsp3) is 0.323. The SMILES string of the molecule is CCCCCOc1ccc(C2C(C(=O)OC(C)C)=C(C)N=c3sc(=CC=Cc4ccccc4)c(=O)n32)cc1. The Hall–Kier alpha value is -3.71. The van der Waals surface area contributed by atoms with Crippen molar-refractivity contribution in [3.05, 3.63) is 103 Å². The third-order valence-corrected chi connectivity index (χ3v) is 7.13. The van der Waals surface area contributed by atoms with Gasteiger partial charge in [-0.1, -0.05) is 85.7 Å². The number of esters is 1. The van der Waals surface area contributed by atoms with Crippen LogP contribution in [-0.4, -0.2) is 23.2 Å². The summed E-state index contributed by atoms with van der Waals surface area (Å²) in [5.41, 5.74) is 2.56. The number of hydrogen-bond donors (Lipinski definition) is 0. The minimum absolute atomic E-state index is 0.196. The molecule has 1 atom stereocenters. The lowest BCUT2D eigenvalue weighted by Crippen LogP contribution is -2.40. The normalized spacial score (nSPS) is 15.6. The minimum Gasteiger partial charge on any atom is -0.494 e. The van der Waals surface area contributed by atoms with Crippen molar-refractivity contribution in [2.75, 3.05) is 6.61 Å². The smallest absolute Gasteiger partial charge is 0.338 e. The van der Waals surface area contributed by atoms with Gasteiger partial charge < -0.3 is 9.47 Å². The van der Waals surface area contributed by atoms with E-state index in [1.807, 2.05) is 80.6 Å². The van der Waals surface area contributed by atoms with Crippen LogP contribution < -0.4 is 19.6 Å². The van der Waals surface area contributed by atoms with E-state index in [9.17, 15) is 9.59 Å². The molecule has 1 aromatic heterocycles. The number of fused-ring (bicyclic) bond motifs is 1. The molecule has 4 rings (SSSR count). The molecule has 0 bridgehead atoms. The first kappa shape index (κ1) is 27.3. The van der Waals surface area contributed by atoms with Crippen LogP contribution in [0.2, 0.25) is 0 Å². The van der Waals surface area contributed by atoms with Gasteiger partial charge in [0.25, 0.3) is 5.56 Å². The van der Waals surface area contributed by atoms with Gasteiger partial charge in [-0.25, -0.2) is 9.79 Å². The van der Waals surface area contributed by atoms with E-state index in [1.54, 1.807) is 17.6 Å². The minimum atomic E-state index is -0.646. The van der Waals surface area contributed by atoms with E-state index >= 15 is 0 Å². The molecule has 1 aliphatic heterocycles. The highest BCUT2D eigenvalue weighted by atomic mass is 32.1. The van der Waals surface area contributed by atoms with Crippen molar-refractivity contribution < 1.29 is 14.3 Å². The molecule has 6 nitrogen and oxygen atoms in total. The van der Waals surface area contributed by atoms with E-state index in [2.05, 4.69) is 11.9 Å². The van der Waals surface area contributed by atoms with Crippen molar-refractivity contribution in [3.63, 3.8) is 0 Å². The standard InChI is InChI=1S/C31H34N2O4S/c1-5-6-10-20-36-25-18-16-24(17-19-25)28-27(30(35)37-21(2)3)22(4)32-31-33(28)29(34)26(38-31)15-11-14-23-12-8-7-9-13-23/h7-9,11-19,21,28H,5-6,10,20H2,1-4H3. The molecular weight excluding hydrogens is 496 g/mol. The first-order chi connectivity index (χ1) is 18.4. The molecule has 2 aromatic carbocycles. The number of nitrogens with zero attached hydrogens (tertiary/aromatic N) is 2. The molecule has 0 amide bonds. The van der Waals surface area contributed by atoms with E-state index in [4.69, 9.17) is 9.47 Å². The van der Waals surface area contributed by atoms with Gasteiger partial charge in [0.05, 0.1) is 34.6 Å². The van der Waals surface area contributed by atoms with Gasteiger partial charge in [-0.2, -0.15) is 0 Å². The van der Waals surface area contributed by atoms with Crippen LogP contribution in [0, 0.1) is 0 Å². The van der Waals surface area contributed by atoms with Crippen LogP contribution in [0.25, 0.3) is 12.2 Å². The van der Waals surface area contributed by atoms with Crippen molar-refractivity contribution in [2.24, 2.45) is 4.99 Å². The van der Waals surface area contributed by atoms with E-state index in [0.29, 0.717) is 27.2 Å². The molecule has 7 heteroatoms. The number of ether oxygens (including phenoxy) is 2. The van der Waals surface area contributed by atoms with Crippen molar-refractivity contribution in [1.29, 1.82) is 0 Å². The molecule has 38 heavy (non-hydrogen) atoms. The number of carbonyl (C=O) groups is 1. The highest BCUT2D eigenvalue weighted by Gasteiger charge is 2.33. The molecule has 3 aromatic rings. The molecule has 1 unspecified atom stereocenters. The van der Waals surface area contributed by atoms with Gasteiger partial charge in [-0.15, -0.1) is 0 Å². The van der Waals surface area contributed by atoms with Gasteiger partial charge in [0.2, 0.25) is 0 Å². The molecule has 1 aliphatic rings. The van der Waals surface area contributed by atoms with Gasteiger partial charge in [0.1, 0.15) is 5.75 Å². The van der Waals surface area contributed by atoms with Crippen LogP contribution in [0.4, 0.5) is 0 Å². The Labute approximate surface area is 227 Å². The molecule has 0 fully saturated rings. The summed E-state index contributed by atoms with van der Waals surface area (Å²) in [5, 5.41) is 0. The maximum absolute atomic E-state index is 13.7. The monoisotopic (exact) mass is 530 g/mol. The van der Waals surface area contributed by atoms with Crippen molar-refractivity contribution in [2.45, 2.75) is 59.1 Å². The molecule has 0 saturated carbocycles. The fourth-order valence-electron chi connectivity index (χ4n) is 4.29. The Morgan fingerprint density at radius 2 is 1.84 bits per heavy atom. The van der Waals surface area contributed by atoms with Gasteiger partial charge >= 0.3 is 5.97 Å². The van der Waals surface area contributed by atoms with Gasteiger partial charge in [-0.05, 0) is 56.5 Å². The zero-order chi connectivity index (χ0) is 27.1. The topological polar surface area (TPSA) is 69.9 Å². The van der Waals surface area contributed by atoms with Crippen LogP contribution in [0.15, 0.2) is 81.7 Å². The van der Waals surface area contributed by atoms with Crippen molar-refractivity contribution in [3.8, 4) is 5.75 Å². The Morgan fingerprint density at radius 3 is 2.53 bits per heavy atom. The summed E-state index contributed by atoms with van der Waals surface area (Å²) in [6.07, 6.45) is 8.57. The maximum Gasteiger partial charge on any atom is 0.338 e. The fourth-order valence-corrected chi connectivity index (χ4v) is 5.29. The predicted molar refractivity (Wildman–Crippen MR) is 153 cm³/mol. The highest BCUT2D eigenvalue weighted by Crippen LogP contribution is 2.32. The Balaban J connectivity index is 1.74. The molecule has 0 N–H and O–H groups in total. The van der Waals surface area contributed by atoms with Gasteiger partial charge in [0, 0.05) is 0 Å².